The molecule has 0 unspecified atom stereocenters. The second-order valence-electron chi connectivity index (χ2n) is 13.4. The molecular formula is C49H29NO2. The van der Waals surface area contributed by atoms with Gasteiger partial charge in [0.15, 0.2) is 5.58 Å². The molecule has 11 aromatic rings. The van der Waals surface area contributed by atoms with Gasteiger partial charge >= 0.3 is 0 Å². The zero-order valence-corrected chi connectivity index (χ0v) is 28.0. The Hall–Kier alpha value is -6.97. The molecule has 0 bridgehead atoms. The van der Waals surface area contributed by atoms with Gasteiger partial charge in [0.2, 0.25) is 5.89 Å². The summed E-state index contributed by atoms with van der Waals surface area (Å²) in [7, 11) is 0. The molecule has 3 nitrogen and oxygen atoms in total. The molecule has 0 radical (unpaired) electrons. The smallest absolute Gasteiger partial charge is 0.227 e. The molecule has 9 aromatic carbocycles. The van der Waals surface area contributed by atoms with Gasteiger partial charge in [-0.1, -0.05) is 140 Å². The van der Waals surface area contributed by atoms with Crippen molar-refractivity contribution in [3.05, 3.63) is 176 Å². The van der Waals surface area contributed by atoms with Gasteiger partial charge in [-0.25, -0.2) is 4.98 Å². The standard InChI is InChI=1S/C49H29NO2/c1-3-15-30(16-4-1)45-34-20-8-10-22-36(34)46(37-23-11-9-21-35(37)45)41-27-32(28-44-47(41)39-25-13-14-26-43(39)51-44)40-29-42-48(38-24-12-7-19-33(38)40)52-49(50-42)31-17-5-2-6-18-31/h1-29H. The maximum atomic E-state index is 6.72. The van der Waals surface area contributed by atoms with E-state index in [1.54, 1.807) is 0 Å². The molecule has 242 valence electrons. The summed E-state index contributed by atoms with van der Waals surface area (Å²) >= 11 is 0. The second-order valence-corrected chi connectivity index (χ2v) is 13.4. The summed E-state index contributed by atoms with van der Waals surface area (Å²) in [5, 5.41) is 9.18. The summed E-state index contributed by atoms with van der Waals surface area (Å²) in [6, 6.07) is 62.1. The Bertz CT molecular complexity index is 3110. The maximum Gasteiger partial charge on any atom is 0.227 e. The lowest BCUT2D eigenvalue weighted by Crippen LogP contribution is -1.92. The Balaban J connectivity index is 1.27. The molecule has 52 heavy (non-hydrogen) atoms. The Morgan fingerprint density at radius 3 is 1.56 bits per heavy atom. The van der Waals surface area contributed by atoms with E-state index in [2.05, 4.69) is 140 Å². The van der Waals surface area contributed by atoms with Crippen LogP contribution in [0.2, 0.25) is 0 Å². The first kappa shape index (κ1) is 28.8. The average molecular weight is 664 g/mol. The van der Waals surface area contributed by atoms with Gasteiger partial charge in [-0.2, -0.15) is 0 Å². The molecule has 2 heterocycles. The van der Waals surface area contributed by atoms with E-state index in [0.29, 0.717) is 5.89 Å². The third-order valence-electron chi connectivity index (χ3n) is 10.5. The minimum Gasteiger partial charge on any atom is -0.456 e. The van der Waals surface area contributed by atoms with E-state index in [-0.39, 0.29) is 0 Å². The number of hydrogen-bond donors (Lipinski definition) is 0. The zero-order chi connectivity index (χ0) is 34.2. The highest BCUT2D eigenvalue weighted by molar-refractivity contribution is 6.26. The van der Waals surface area contributed by atoms with Crippen molar-refractivity contribution < 1.29 is 8.83 Å². The van der Waals surface area contributed by atoms with Crippen LogP contribution in [0.3, 0.4) is 0 Å². The molecule has 11 rings (SSSR count). The first-order valence-electron chi connectivity index (χ1n) is 17.6. The van der Waals surface area contributed by atoms with Crippen molar-refractivity contribution in [2.45, 2.75) is 0 Å². The molecule has 0 N–H and O–H groups in total. The van der Waals surface area contributed by atoms with Gasteiger partial charge in [0.25, 0.3) is 0 Å². The third-order valence-corrected chi connectivity index (χ3v) is 10.5. The van der Waals surface area contributed by atoms with Crippen LogP contribution in [0.15, 0.2) is 185 Å². The van der Waals surface area contributed by atoms with E-state index in [1.165, 1.54) is 38.2 Å². The fraction of sp³-hybridized carbons (Fsp3) is 0. The number of aromatic nitrogens is 1. The molecule has 0 aliphatic rings. The number of rotatable bonds is 4. The summed E-state index contributed by atoms with van der Waals surface area (Å²) < 4.78 is 13.2. The molecule has 0 spiro atoms. The van der Waals surface area contributed by atoms with Crippen LogP contribution in [-0.2, 0) is 0 Å². The van der Waals surface area contributed by atoms with Crippen LogP contribution in [-0.4, -0.2) is 4.98 Å². The molecule has 3 heteroatoms. The molecule has 0 saturated carbocycles. The maximum absolute atomic E-state index is 6.72. The van der Waals surface area contributed by atoms with Crippen LogP contribution in [0, 0.1) is 0 Å². The quantitative estimate of drug-likeness (QED) is 0.176. The highest BCUT2D eigenvalue weighted by Gasteiger charge is 2.23. The molecule has 0 saturated heterocycles. The van der Waals surface area contributed by atoms with E-state index in [9.17, 15) is 0 Å². The number of nitrogens with zero attached hydrogens (tertiary/aromatic N) is 1. The third kappa shape index (κ3) is 4.30. The van der Waals surface area contributed by atoms with Gasteiger partial charge in [0.1, 0.15) is 16.7 Å². The number of oxazole rings is 1. The van der Waals surface area contributed by atoms with Crippen LogP contribution in [0.25, 0.3) is 110 Å². The van der Waals surface area contributed by atoms with Crippen molar-refractivity contribution in [2.24, 2.45) is 0 Å². The highest BCUT2D eigenvalue weighted by atomic mass is 16.3. The van der Waals surface area contributed by atoms with Crippen LogP contribution in [0.5, 0.6) is 0 Å². The molecule has 0 atom stereocenters. The lowest BCUT2D eigenvalue weighted by atomic mass is 9.84. The highest BCUT2D eigenvalue weighted by Crippen LogP contribution is 2.49. The second kappa shape index (κ2) is 11.3. The van der Waals surface area contributed by atoms with Gasteiger partial charge < -0.3 is 8.83 Å². The Morgan fingerprint density at radius 1 is 0.346 bits per heavy atom. The van der Waals surface area contributed by atoms with Crippen molar-refractivity contribution in [1.29, 1.82) is 0 Å². The first-order valence-corrected chi connectivity index (χ1v) is 17.6. The molecule has 2 aromatic heterocycles. The molecule has 0 fully saturated rings. The summed E-state index contributed by atoms with van der Waals surface area (Å²) in [4.78, 5) is 5.03. The van der Waals surface area contributed by atoms with E-state index in [4.69, 9.17) is 13.8 Å². The summed E-state index contributed by atoms with van der Waals surface area (Å²) in [5.41, 5.74) is 11.2. The van der Waals surface area contributed by atoms with Gasteiger partial charge in [-0.15, -0.1) is 0 Å². The Morgan fingerprint density at radius 2 is 0.885 bits per heavy atom. The van der Waals surface area contributed by atoms with Crippen molar-refractivity contribution in [2.75, 3.05) is 0 Å². The SMILES string of the molecule is c1ccc(-c2nc3cc(-c4cc(-c5c6ccccc6c(-c6ccccc6)c6ccccc56)c5c(c4)oc4ccccc45)c4ccccc4c3o2)cc1. The van der Waals surface area contributed by atoms with Crippen LogP contribution in [0.4, 0.5) is 0 Å². The molecule has 0 amide bonds. The lowest BCUT2D eigenvalue weighted by Gasteiger charge is -2.19. The van der Waals surface area contributed by atoms with E-state index in [0.717, 1.165) is 66.1 Å². The fourth-order valence-electron chi connectivity index (χ4n) is 8.24. The van der Waals surface area contributed by atoms with E-state index >= 15 is 0 Å². The first-order chi connectivity index (χ1) is 25.8. The predicted octanol–water partition coefficient (Wildman–Crippen LogP) is 13.9. The summed E-state index contributed by atoms with van der Waals surface area (Å²) in [6.45, 7) is 0. The van der Waals surface area contributed by atoms with E-state index < -0.39 is 0 Å². The summed E-state index contributed by atoms with van der Waals surface area (Å²) in [5.74, 6) is 0.614. The van der Waals surface area contributed by atoms with E-state index in [1.807, 2.05) is 36.4 Å². The van der Waals surface area contributed by atoms with Crippen molar-refractivity contribution in [1.82, 2.24) is 4.98 Å². The van der Waals surface area contributed by atoms with Gasteiger partial charge in [-0.3, -0.25) is 0 Å². The van der Waals surface area contributed by atoms with Crippen molar-refractivity contribution in [3.63, 3.8) is 0 Å². The lowest BCUT2D eigenvalue weighted by molar-refractivity contribution is 0.623. The van der Waals surface area contributed by atoms with Crippen LogP contribution in [0.1, 0.15) is 0 Å². The zero-order valence-electron chi connectivity index (χ0n) is 28.0. The molecule has 0 aliphatic carbocycles. The van der Waals surface area contributed by atoms with Crippen molar-refractivity contribution >= 4 is 65.4 Å². The van der Waals surface area contributed by atoms with Gasteiger partial charge in [0.05, 0.1) is 0 Å². The number of hydrogen-bond acceptors (Lipinski definition) is 3. The fourth-order valence-corrected chi connectivity index (χ4v) is 8.24. The molecular weight excluding hydrogens is 635 g/mol. The largest absolute Gasteiger partial charge is 0.456 e. The Labute approximate surface area is 299 Å². The minimum atomic E-state index is 0.614. The Kier molecular flexibility index (Phi) is 6.25. The number of fused-ring (bicyclic) bond motifs is 8. The van der Waals surface area contributed by atoms with Gasteiger partial charge in [-0.05, 0) is 96.7 Å². The van der Waals surface area contributed by atoms with Crippen molar-refractivity contribution in [3.8, 4) is 44.8 Å². The summed E-state index contributed by atoms with van der Waals surface area (Å²) in [6.07, 6.45) is 0. The average Bonchev–Trinajstić information content (AvgIpc) is 3.82. The van der Waals surface area contributed by atoms with Crippen LogP contribution < -0.4 is 0 Å². The number of furan rings is 1. The number of benzene rings is 9. The monoisotopic (exact) mass is 663 g/mol. The normalized spacial score (nSPS) is 11.8. The van der Waals surface area contributed by atoms with Crippen LogP contribution >= 0.6 is 0 Å². The molecule has 0 aliphatic heterocycles. The van der Waals surface area contributed by atoms with Gasteiger partial charge in [0, 0.05) is 21.7 Å². The predicted molar refractivity (Wildman–Crippen MR) is 216 cm³/mol. The minimum absolute atomic E-state index is 0.614. The number of para-hydroxylation sites is 1. The topological polar surface area (TPSA) is 39.2 Å².